The van der Waals surface area contributed by atoms with Crippen LogP contribution >= 0.6 is 0 Å². The molecule has 1 saturated carbocycles. The number of halogens is 1. The number of nitrogens with zero attached hydrogens (tertiary/aromatic N) is 2. The number of aromatic nitrogens is 1. The average Bonchev–Trinajstić information content (AvgIpc) is 3.33. The van der Waals surface area contributed by atoms with E-state index in [0.29, 0.717) is 18.5 Å². The van der Waals surface area contributed by atoms with E-state index in [-0.39, 0.29) is 29.3 Å². The Labute approximate surface area is 147 Å². The maximum atomic E-state index is 14.9. The SMILES string of the molecule is Nc1c(F)c(N2CCC(O)C2)cc2c1c(=O)c(OC(=O)O)cn2C1CC1. The van der Waals surface area contributed by atoms with Crippen molar-refractivity contribution in [2.45, 2.75) is 31.4 Å². The van der Waals surface area contributed by atoms with Crippen LogP contribution in [0.2, 0.25) is 0 Å². The molecule has 0 bridgehead atoms. The molecule has 2 heterocycles. The minimum Gasteiger partial charge on any atom is -0.449 e. The molecule has 2 fully saturated rings. The fourth-order valence-corrected chi connectivity index (χ4v) is 3.48. The number of ether oxygens (including phenoxy) is 1. The van der Waals surface area contributed by atoms with Crippen LogP contribution in [-0.2, 0) is 0 Å². The number of β-amino-alcohol motifs (C(OH)–C–C–N with tert-alkyl or cyclic N) is 1. The molecule has 1 atom stereocenters. The summed E-state index contributed by atoms with van der Waals surface area (Å²) in [6.07, 6.45) is 1.43. The Hall–Kier alpha value is -2.81. The van der Waals surface area contributed by atoms with Crippen LogP contribution in [0.15, 0.2) is 17.1 Å². The summed E-state index contributed by atoms with van der Waals surface area (Å²) in [5.74, 6) is -1.15. The lowest BCUT2D eigenvalue weighted by Gasteiger charge is -2.22. The summed E-state index contributed by atoms with van der Waals surface area (Å²) in [6, 6.07) is 1.62. The van der Waals surface area contributed by atoms with E-state index < -0.39 is 29.3 Å². The summed E-state index contributed by atoms with van der Waals surface area (Å²) in [7, 11) is 0. The van der Waals surface area contributed by atoms with Crippen LogP contribution in [0.25, 0.3) is 10.9 Å². The summed E-state index contributed by atoms with van der Waals surface area (Å²) in [6.45, 7) is 0.770. The fraction of sp³-hybridized carbons (Fsp3) is 0.412. The van der Waals surface area contributed by atoms with E-state index in [1.165, 1.54) is 6.20 Å². The van der Waals surface area contributed by atoms with E-state index in [1.807, 2.05) is 0 Å². The predicted octanol–water partition coefficient (Wildman–Crippen LogP) is 1.69. The summed E-state index contributed by atoms with van der Waals surface area (Å²) < 4.78 is 21.2. The quantitative estimate of drug-likeness (QED) is 0.561. The summed E-state index contributed by atoms with van der Waals surface area (Å²) in [4.78, 5) is 25.2. The number of pyridine rings is 1. The van der Waals surface area contributed by atoms with Gasteiger partial charge in [-0.05, 0) is 25.3 Å². The molecule has 1 aromatic carbocycles. The molecule has 138 valence electrons. The molecule has 1 saturated heterocycles. The monoisotopic (exact) mass is 363 g/mol. The van der Waals surface area contributed by atoms with Gasteiger partial charge in [0.2, 0.25) is 5.43 Å². The van der Waals surface area contributed by atoms with Crippen molar-refractivity contribution < 1.29 is 24.1 Å². The number of hydrogen-bond donors (Lipinski definition) is 3. The first kappa shape index (κ1) is 16.6. The highest BCUT2D eigenvalue weighted by atomic mass is 19.1. The van der Waals surface area contributed by atoms with Crippen LogP contribution in [0.5, 0.6) is 5.75 Å². The molecular weight excluding hydrogens is 345 g/mol. The molecule has 1 aliphatic heterocycles. The van der Waals surface area contributed by atoms with Crippen molar-refractivity contribution in [3.05, 3.63) is 28.3 Å². The number of rotatable bonds is 3. The smallest absolute Gasteiger partial charge is 0.449 e. The van der Waals surface area contributed by atoms with Gasteiger partial charge in [0.1, 0.15) is 0 Å². The second-order valence-electron chi connectivity index (χ2n) is 6.73. The number of carbonyl (C=O) groups is 1. The number of hydrogen-bond acceptors (Lipinski definition) is 6. The van der Waals surface area contributed by atoms with Gasteiger partial charge in [0, 0.05) is 19.1 Å². The number of anilines is 2. The molecule has 1 aromatic heterocycles. The molecule has 0 amide bonds. The highest BCUT2D eigenvalue weighted by Crippen LogP contribution is 2.40. The third kappa shape index (κ3) is 2.64. The number of carboxylic acid groups (broad SMARTS) is 1. The van der Waals surface area contributed by atoms with Crippen LogP contribution in [0.4, 0.5) is 20.6 Å². The first-order valence-electron chi connectivity index (χ1n) is 8.37. The Morgan fingerprint density at radius 2 is 2.08 bits per heavy atom. The van der Waals surface area contributed by atoms with Crippen molar-refractivity contribution in [1.29, 1.82) is 0 Å². The van der Waals surface area contributed by atoms with Gasteiger partial charge >= 0.3 is 6.16 Å². The molecule has 8 nitrogen and oxygen atoms in total. The van der Waals surface area contributed by atoms with E-state index >= 15 is 0 Å². The Balaban J connectivity index is 1.97. The van der Waals surface area contributed by atoms with Gasteiger partial charge in [-0.1, -0.05) is 0 Å². The number of nitrogen functional groups attached to an aromatic ring is 1. The molecule has 2 aliphatic rings. The second-order valence-corrected chi connectivity index (χ2v) is 6.73. The van der Waals surface area contributed by atoms with Gasteiger partial charge in [-0.2, -0.15) is 0 Å². The Morgan fingerprint density at radius 3 is 2.65 bits per heavy atom. The summed E-state index contributed by atoms with van der Waals surface area (Å²) in [5.41, 5.74) is 5.50. The third-order valence-corrected chi connectivity index (χ3v) is 4.89. The highest BCUT2D eigenvalue weighted by molar-refractivity contribution is 5.95. The first-order valence-corrected chi connectivity index (χ1v) is 8.37. The minimum atomic E-state index is -1.62. The molecular formula is C17H18FN3O5. The maximum Gasteiger partial charge on any atom is 0.511 e. The molecule has 4 rings (SSSR count). The Morgan fingerprint density at radius 1 is 1.35 bits per heavy atom. The normalized spacial score (nSPS) is 19.9. The van der Waals surface area contributed by atoms with Crippen molar-refractivity contribution in [2.75, 3.05) is 23.7 Å². The standard InChI is InChI=1S/C17H18FN3O5/c18-14-11(20-4-3-9(22)6-20)5-10-13(15(14)19)16(23)12(26-17(24)25)7-21(10)8-1-2-8/h5,7-9,22H,1-4,6,19H2,(H,24,25). The first-order chi connectivity index (χ1) is 12.4. The van der Waals surface area contributed by atoms with Crippen LogP contribution in [0, 0.1) is 5.82 Å². The zero-order chi connectivity index (χ0) is 18.6. The lowest BCUT2D eigenvalue weighted by Crippen LogP contribution is -2.24. The van der Waals surface area contributed by atoms with Crippen molar-refractivity contribution >= 4 is 28.4 Å². The number of aliphatic hydroxyl groups excluding tert-OH is 1. The van der Waals surface area contributed by atoms with E-state index in [0.717, 1.165) is 12.8 Å². The number of fused-ring (bicyclic) bond motifs is 1. The number of benzene rings is 1. The van der Waals surface area contributed by atoms with E-state index in [2.05, 4.69) is 4.74 Å². The fourth-order valence-electron chi connectivity index (χ4n) is 3.48. The third-order valence-electron chi connectivity index (χ3n) is 4.89. The van der Waals surface area contributed by atoms with Gasteiger partial charge in [0.25, 0.3) is 0 Å². The van der Waals surface area contributed by atoms with Gasteiger partial charge in [-0.25, -0.2) is 9.18 Å². The average molecular weight is 363 g/mol. The molecule has 2 aromatic rings. The van der Waals surface area contributed by atoms with E-state index in [4.69, 9.17) is 10.8 Å². The van der Waals surface area contributed by atoms with Crippen molar-refractivity contribution in [3.8, 4) is 5.75 Å². The summed E-state index contributed by atoms with van der Waals surface area (Å²) in [5, 5.41) is 18.5. The van der Waals surface area contributed by atoms with Gasteiger partial charge in [-0.15, -0.1) is 0 Å². The topological polar surface area (TPSA) is 118 Å². The highest BCUT2D eigenvalue weighted by Gasteiger charge is 2.30. The number of nitrogens with two attached hydrogens (primary N) is 1. The lowest BCUT2D eigenvalue weighted by molar-refractivity contribution is 0.143. The molecule has 1 aliphatic carbocycles. The van der Waals surface area contributed by atoms with Crippen LogP contribution in [-0.4, -0.2) is 40.1 Å². The van der Waals surface area contributed by atoms with Crippen molar-refractivity contribution in [2.24, 2.45) is 0 Å². The zero-order valence-corrected chi connectivity index (χ0v) is 13.8. The molecule has 4 N–H and O–H groups in total. The Bertz CT molecular complexity index is 969. The van der Waals surface area contributed by atoms with Crippen molar-refractivity contribution in [3.63, 3.8) is 0 Å². The van der Waals surface area contributed by atoms with Gasteiger partial charge in [0.15, 0.2) is 11.6 Å². The molecule has 0 spiro atoms. The summed E-state index contributed by atoms with van der Waals surface area (Å²) >= 11 is 0. The molecule has 0 radical (unpaired) electrons. The zero-order valence-electron chi connectivity index (χ0n) is 13.8. The van der Waals surface area contributed by atoms with Crippen LogP contribution in [0.3, 0.4) is 0 Å². The van der Waals surface area contributed by atoms with E-state index in [9.17, 15) is 19.1 Å². The van der Waals surface area contributed by atoms with Crippen LogP contribution < -0.4 is 20.8 Å². The predicted molar refractivity (Wildman–Crippen MR) is 92.3 cm³/mol. The molecule has 9 heteroatoms. The molecule has 1 unspecified atom stereocenters. The van der Waals surface area contributed by atoms with Crippen LogP contribution in [0.1, 0.15) is 25.3 Å². The van der Waals surface area contributed by atoms with Gasteiger partial charge < -0.3 is 30.2 Å². The molecule has 26 heavy (non-hydrogen) atoms. The number of aliphatic hydroxyl groups is 1. The second kappa shape index (κ2) is 5.87. The lowest BCUT2D eigenvalue weighted by atomic mass is 10.1. The maximum absolute atomic E-state index is 14.9. The van der Waals surface area contributed by atoms with Gasteiger partial charge in [-0.3, -0.25) is 4.79 Å². The van der Waals surface area contributed by atoms with E-state index in [1.54, 1.807) is 15.5 Å². The minimum absolute atomic E-state index is 0.0797. The largest absolute Gasteiger partial charge is 0.511 e. The van der Waals surface area contributed by atoms with Gasteiger partial charge in [0.05, 0.1) is 34.6 Å². The Kier molecular flexibility index (Phi) is 3.76. The van der Waals surface area contributed by atoms with Crippen molar-refractivity contribution in [1.82, 2.24) is 4.57 Å².